The topological polar surface area (TPSA) is 145 Å². The number of nitrogens with zero attached hydrogens (tertiary/aromatic N) is 1. The summed E-state index contributed by atoms with van der Waals surface area (Å²) in [6.45, 7) is 24.7. The smallest absolute Gasteiger partial charge is 0.410 e. The quantitative estimate of drug-likeness (QED) is 0.233. The second-order valence-electron chi connectivity index (χ2n) is 13.9. The molecule has 0 saturated carbocycles. The van der Waals surface area contributed by atoms with Crippen LogP contribution < -0.4 is 16.0 Å². The molecule has 0 aromatic carbocycles. The molecule has 240 valence electrons. The lowest BCUT2D eigenvalue weighted by Crippen LogP contribution is -2.52. The Morgan fingerprint density at radius 3 is 1.66 bits per heavy atom. The lowest BCUT2D eigenvalue weighted by atomic mass is 9.86. The molecule has 1 rings (SSSR count). The molecule has 13 heteroatoms. The molecule has 2 atom stereocenters. The van der Waals surface area contributed by atoms with E-state index in [9.17, 15) is 19.2 Å². The first-order valence-electron chi connectivity index (χ1n) is 13.8. The molecule has 41 heavy (non-hydrogen) atoms. The van der Waals surface area contributed by atoms with Gasteiger partial charge in [0.2, 0.25) is 0 Å². The maximum Gasteiger partial charge on any atom is 0.410 e. The van der Waals surface area contributed by atoms with Gasteiger partial charge in [-0.15, -0.1) is 0 Å². The third-order valence-corrected chi connectivity index (χ3v) is 5.81. The van der Waals surface area contributed by atoms with Crippen LogP contribution in [0.1, 0.15) is 83.1 Å². The second-order valence-corrected chi connectivity index (χ2v) is 14.7. The van der Waals surface area contributed by atoms with E-state index in [4.69, 9.17) is 18.9 Å². The number of carbonyl (C=O) groups is 4. The van der Waals surface area contributed by atoms with Gasteiger partial charge in [-0.2, -0.15) is 0 Å². The van der Waals surface area contributed by atoms with Crippen LogP contribution in [0.15, 0.2) is 0 Å². The molecule has 4 amide bonds. The number of halogens is 1. The fourth-order valence-electron chi connectivity index (χ4n) is 3.19. The van der Waals surface area contributed by atoms with Crippen molar-refractivity contribution in [1.82, 2.24) is 20.9 Å². The van der Waals surface area contributed by atoms with Crippen LogP contribution in [0.25, 0.3) is 0 Å². The van der Waals surface area contributed by atoms with Gasteiger partial charge in [0.05, 0.1) is 18.6 Å². The number of rotatable bonds is 8. The van der Waals surface area contributed by atoms with E-state index in [0.29, 0.717) is 31.6 Å². The number of ether oxygens (including phenoxy) is 4. The van der Waals surface area contributed by atoms with Crippen molar-refractivity contribution < 1.29 is 38.1 Å². The van der Waals surface area contributed by atoms with Crippen molar-refractivity contribution in [3.8, 4) is 0 Å². The Morgan fingerprint density at radius 1 is 0.829 bits per heavy atom. The van der Waals surface area contributed by atoms with Gasteiger partial charge >= 0.3 is 24.4 Å². The highest BCUT2D eigenvalue weighted by Crippen LogP contribution is 2.22. The highest BCUT2D eigenvalue weighted by atomic mass is 79.9. The van der Waals surface area contributed by atoms with Gasteiger partial charge in [0.15, 0.2) is 0 Å². The molecule has 0 bridgehead atoms. The van der Waals surface area contributed by atoms with Crippen LogP contribution in [-0.4, -0.2) is 90.7 Å². The number of alkyl halides is 1. The van der Waals surface area contributed by atoms with Gasteiger partial charge in [-0.1, -0.05) is 57.5 Å². The fourth-order valence-corrected chi connectivity index (χ4v) is 3.35. The summed E-state index contributed by atoms with van der Waals surface area (Å²) in [6.07, 6.45) is -1.80. The summed E-state index contributed by atoms with van der Waals surface area (Å²) < 4.78 is 20.3. The monoisotopic (exact) mass is 652 g/mol. The van der Waals surface area contributed by atoms with E-state index in [1.54, 1.807) is 25.7 Å². The third kappa shape index (κ3) is 18.6. The Bertz CT molecular complexity index is 857. The first-order chi connectivity index (χ1) is 18.4. The first-order valence-corrected chi connectivity index (χ1v) is 14.9. The minimum Gasteiger partial charge on any atom is -0.449 e. The van der Waals surface area contributed by atoms with E-state index in [-0.39, 0.29) is 35.6 Å². The summed E-state index contributed by atoms with van der Waals surface area (Å²) >= 11 is 3.17. The zero-order chi connectivity index (χ0) is 32.2. The van der Waals surface area contributed by atoms with Gasteiger partial charge in [-0.3, -0.25) is 0 Å². The molecule has 1 fully saturated rings. The number of alkyl carbamates (subject to hydrolysis) is 3. The molecule has 3 N–H and O–H groups in total. The van der Waals surface area contributed by atoms with Gasteiger partial charge in [0.25, 0.3) is 0 Å². The average Bonchev–Trinajstić information content (AvgIpc) is 3.15. The van der Waals surface area contributed by atoms with E-state index in [2.05, 4.69) is 31.9 Å². The summed E-state index contributed by atoms with van der Waals surface area (Å²) in [5, 5.41) is 8.86. The molecule has 0 radical (unpaired) electrons. The summed E-state index contributed by atoms with van der Waals surface area (Å²) in [5.41, 5.74) is -1.53. The van der Waals surface area contributed by atoms with Gasteiger partial charge in [-0.25, -0.2) is 19.2 Å². The third-order valence-electron chi connectivity index (χ3n) is 5.48. The number of carbonyl (C=O) groups excluding carboxylic acids is 4. The lowest BCUT2D eigenvalue weighted by molar-refractivity contribution is 0.0442. The number of hydrogen-bond acceptors (Lipinski definition) is 8. The average molecular weight is 654 g/mol. The van der Waals surface area contributed by atoms with Crippen LogP contribution >= 0.6 is 15.9 Å². The maximum absolute atomic E-state index is 11.9. The van der Waals surface area contributed by atoms with Crippen molar-refractivity contribution in [3.63, 3.8) is 0 Å². The van der Waals surface area contributed by atoms with Crippen molar-refractivity contribution in [3.05, 3.63) is 0 Å². The molecule has 0 aromatic heterocycles. The van der Waals surface area contributed by atoms with E-state index >= 15 is 0 Å². The summed E-state index contributed by atoms with van der Waals surface area (Å²) in [4.78, 5) is 48.3. The van der Waals surface area contributed by atoms with E-state index in [0.717, 1.165) is 0 Å². The SMILES string of the molecule is CC(C)(C)OC(=O)N[C@H](CN1CCOC1=O)C(C)(C)C.CC(C)(C)OC(=O)N[C@H](CNC(=O)OCCBr)C(C)(C)C. The Labute approximate surface area is 254 Å². The van der Waals surface area contributed by atoms with Crippen molar-refractivity contribution >= 4 is 40.3 Å². The van der Waals surface area contributed by atoms with Crippen LogP contribution in [0.4, 0.5) is 19.2 Å². The number of hydrogen-bond donors (Lipinski definition) is 3. The number of cyclic esters (lactones) is 1. The molecule has 0 unspecified atom stereocenters. The normalized spacial score (nSPS) is 15.4. The molecule has 1 heterocycles. The van der Waals surface area contributed by atoms with E-state index in [1.807, 2.05) is 62.3 Å². The highest BCUT2D eigenvalue weighted by Gasteiger charge is 2.33. The summed E-state index contributed by atoms with van der Waals surface area (Å²) in [6, 6.07) is -0.480. The molecular formula is C28H53BrN4O8. The molecule has 1 saturated heterocycles. The standard InChI is InChI=1S/C14H27BrN2O4.C14H26N2O4/c1-13(2,3)10(9-16-11(18)20-8-7-15)17-12(19)21-14(4,5)6;1-13(2,3)10(9-16-7-8-19-12(16)18)15-11(17)20-14(4,5)6/h10H,7-9H2,1-6H3,(H,16,18)(H,17,19);10H,7-9H2,1-6H3,(H,15,17)/t2*10-/m11/s1. The van der Waals surface area contributed by atoms with Crippen LogP contribution in [0.2, 0.25) is 0 Å². The minimum absolute atomic E-state index is 0.195. The predicted octanol–water partition coefficient (Wildman–Crippen LogP) is 5.42. The largest absolute Gasteiger partial charge is 0.449 e. The second kappa shape index (κ2) is 16.3. The van der Waals surface area contributed by atoms with Crippen molar-refractivity contribution in [2.45, 2.75) is 106 Å². The predicted molar refractivity (Wildman–Crippen MR) is 161 cm³/mol. The van der Waals surface area contributed by atoms with Crippen LogP contribution in [0.3, 0.4) is 0 Å². The zero-order valence-corrected chi connectivity index (χ0v) is 28.6. The van der Waals surface area contributed by atoms with E-state index in [1.165, 1.54) is 0 Å². The van der Waals surface area contributed by atoms with Crippen molar-refractivity contribution in [1.29, 1.82) is 0 Å². The summed E-state index contributed by atoms with van der Waals surface area (Å²) in [5.74, 6) is 0. The van der Waals surface area contributed by atoms with Crippen molar-refractivity contribution in [2.24, 2.45) is 10.8 Å². The Morgan fingerprint density at radius 2 is 1.29 bits per heavy atom. The summed E-state index contributed by atoms with van der Waals surface area (Å²) in [7, 11) is 0. The first kappa shape index (κ1) is 38.6. The molecule has 1 aliphatic heterocycles. The minimum atomic E-state index is -0.561. The van der Waals surface area contributed by atoms with Gasteiger partial charge in [0, 0.05) is 18.4 Å². The molecule has 0 spiro atoms. The Hall–Kier alpha value is -2.44. The van der Waals surface area contributed by atoms with Crippen LogP contribution in [-0.2, 0) is 18.9 Å². The molecule has 0 aliphatic carbocycles. The molecule has 12 nitrogen and oxygen atoms in total. The fraction of sp³-hybridized carbons (Fsp3) is 0.857. The van der Waals surface area contributed by atoms with Crippen molar-refractivity contribution in [2.75, 3.05) is 38.2 Å². The molecular weight excluding hydrogens is 600 g/mol. The van der Waals surface area contributed by atoms with Gasteiger partial charge in [-0.05, 0) is 52.4 Å². The van der Waals surface area contributed by atoms with E-state index < -0.39 is 29.5 Å². The molecule has 0 aromatic rings. The van der Waals surface area contributed by atoms with Crippen LogP contribution in [0, 0.1) is 10.8 Å². The van der Waals surface area contributed by atoms with Gasteiger partial charge in [0.1, 0.15) is 24.4 Å². The maximum atomic E-state index is 11.9. The Kier molecular flexibility index (Phi) is 15.3. The zero-order valence-electron chi connectivity index (χ0n) is 27.0. The lowest BCUT2D eigenvalue weighted by Gasteiger charge is -2.34. The number of nitrogens with one attached hydrogen (secondary N) is 3. The molecule has 1 aliphatic rings. The van der Waals surface area contributed by atoms with Gasteiger partial charge < -0.3 is 39.8 Å². The highest BCUT2D eigenvalue weighted by molar-refractivity contribution is 9.09. The number of amides is 4. The Balaban J connectivity index is 0.000000781. The van der Waals surface area contributed by atoms with Crippen LogP contribution in [0.5, 0.6) is 0 Å².